The lowest BCUT2D eigenvalue weighted by Crippen LogP contribution is -2.28. The van der Waals surface area contributed by atoms with Gasteiger partial charge in [-0.2, -0.15) is 0 Å². The molecule has 1 N–H and O–H groups in total. The van der Waals surface area contributed by atoms with E-state index in [0.717, 1.165) is 28.2 Å². The number of carbonyl (C=O) groups is 1. The van der Waals surface area contributed by atoms with Gasteiger partial charge in [-0.15, -0.1) is 29.3 Å². The van der Waals surface area contributed by atoms with Gasteiger partial charge in [0.1, 0.15) is 10.6 Å². The molecule has 0 bridgehead atoms. The molecule has 0 fully saturated rings. The monoisotopic (exact) mass is 497 g/mol. The number of methoxy groups -OCH3 is 1. The Labute approximate surface area is 203 Å². The van der Waals surface area contributed by atoms with Crippen LogP contribution >= 0.6 is 34.4 Å². The molecule has 4 aromatic rings. The van der Waals surface area contributed by atoms with Gasteiger partial charge < -0.3 is 10.1 Å². The lowest BCUT2D eigenvalue weighted by molar-refractivity contribution is -0.118. The van der Waals surface area contributed by atoms with Crippen molar-refractivity contribution in [2.75, 3.05) is 19.4 Å². The summed E-state index contributed by atoms with van der Waals surface area (Å²) in [6.07, 6.45) is 2.40. The highest BCUT2D eigenvalue weighted by Gasteiger charge is 2.18. The van der Waals surface area contributed by atoms with Crippen molar-refractivity contribution in [1.82, 2.24) is 14.9 Å². The summed E-state index contributed by atoms with van der Waals surface area (Å²) >= 11 is 4.31. The number of nitrogens with zero attached hydrogens (tertiary/aromatic N) is 2. The van der Waals surface area contributed by atoms with Gasteiger partial charge in [0.05, 0.1) is 18.2 Å². The van der Waals surface area contributed by atoms with Crippen molar-refractivity contribution in [3.8, 4) is 16.2 Å². The van der Waals surface area contributed by atoms with Crippen molar-refractivity contribution in [3.63, 3.8) is 0 Å². The van der Waals surface area contributed by atoms with Crippen LogP contribution in [-0.2, 0) is 17.8 Å². The minimum atomic E-state index is -0.105. The van der Waals surface area contributed by atoms with Gasteiger partial charge in [-0.25, -0.2) is 4.98 Å². The Morgan fingerprint density at radius 1 is 1.27 bits per heavy atom. The maximum atomic E-state index is 13.3. The van der Waals surface area contributed by atoms with Crippen LogP contribution in [0.2, 0.25) is 0 Å². The zero-order chi connectivity index (χ0) is 23.2. The summed E-state index contributed by atoms with van der Waals surface area (Å²) in [5, 5.41) is 8.05. The van der Waals surface area contributed by atoms with Crippen molar-refractivity contribution in [3.05, 3.63) is 75.7 Å². The van der Waals surface area contributed by atoms with Crippen molar-refractivity contribution < 1.29 is 9.53 Å². The largest absolute Gasteiger partial charge is 0.497 e. The molecule has 0 aliphatic rings. The number of hydrogen-bond donors (Lipinski definition) is 1. The number of allylic oxidation sites excluding steroid dienone is 1. The predicted molar refractivity (Wildman–Crippen MR) is 138 cm³/mol. The average molecular weight is 498 g/mol. The number of rotatable bonds is 10. The van der Waals surface area contributed by atoms with Gasteiger partial charge in [0.15, 0.2) is 5.16 Å². The molecule has 0 spiro atoms. The van der Waals surface area contributed by atoms with E-state index in [1.165, 1.54) is 23.1 Å². The number of aromatic nitrogens is 2. The smallest absolute Gasteiger partial charge is 0.263 e. The molecule has 9 heteroatoms. The van der Waals surface area contributed by atoms with E-state index in [-0.39, 0.29) is 17.2 Å². The first-order valence-electron chi connectivity index (χ1n) is 10.3. The van der Waals surface area contributed by atoms with Gasteiger partial charge >= 0.3 is 0 Å². The van der Waals surface area contributed by atoms with Gasteiger partial charge in [0.25, 0.3) is 5.56 Å². The van der Waals surface area contributed by atoms with Crippen LogP contribution in [0, 0.1) is 0 Å². The molecule has 0 unspecified atom stereocenters. The van der Waals surface area contributed by atoms with Crippen molar-refractivity contribution >= 4 is 50.6 Å². The molecule has 3 aromatic heterocycles. The Hall–Kier alpha value is -2.88. The zero-order valence-corrected chi connectivity index (χ0v) is 20.5. The second-order valence-electron chi connectivity index (χ2n) is 7.14. The quantitative estimate of drug-likeness (QED) is 0.193. The molecule has 0 atom stereocenters. The normalized spacial score (nSPS) is 10.9. The topological polar surface area (TPSA) is 73.2 Å². The summed E-state index contributed by atoms with van der Waals surface area (Å²) in [4.78, 5) is 32.1. The minimum Gasteiger partial charge on any atom is -0.497 e. The van der Waals surface area contributed by atoms with Crippen LogP contribution < -0.4 is 15.6 Å². The van der Waals surface area contributed by atoms with Crippen LogP contribution in [0.25, 0.3) is 20.7 Å². The van der Waals surface area contributed by atoms with Gasteiger partial charge in [-0.3, -0.25) is 14.2 Å². The highest BCUT2D eigenvalue weighted by atomic mass is 32.2. The molecule has 6 nitrogen and oxygen atoms in total. The molecule has 1 aromatic carbocycles. The number of thioether (sulfide) groups is 1. The molecule has 0 saturated carbocycles. The van der Waals surface area contributed by atoms with Crippen LogP contribution in [0.5, 0.6) is 5.75 Å². The summed E-state index contributed by atoms with van der Waals surface area (Å²) in [5.74, 6) is 0.891. The summed E-state index contributed by atoms with van der Waals surface area (Å²) in [6, 6.07) is 11.7. The Morgan fingerprint density at radius 2 is 2.09 bits per heavy atom. The van der Waals surface area contributed by atoms with Gasteiger partial charge in [0.2, 0.25) is 5.91 Å². The van der Waals surface area contributed by atoms with Crippen LogP contribution in [0.15, 0.2) is 69.8 Å². The van der Waals surface area contributed by atoms with E-state index in [0.29, 0.717) is 28.5 Å². The van der Waals surface area contributed by atoms with Crippen LogP contribution in [0.3, 0.4) is 0 Å². The van der Waals surface area contributed by atoms with E-state index in [4.69, 9.17) is 9.72 Å². The molecule has 0 saturated heterocycles. The molecule has 3 heterocycles. The molecule has 1 amide bonds. The van der Waals surface area contributed by atoms with E-state index >= 15 is 0 Å². The van der Waals surface area contributed by atoms with Gasteiger partial charge in [0, 0.05) is 28.9 Å². The zero-order valence-electron chi connectivity index (χ0n) is 18.1. The summed E-state index contributed by atoms with van der Waals surface area (Å²) in [6.45, 7) is 4.65. The maximum absolute atomic E-state index is 13.3. The second-order valence-corrected chi connectivity index (χ2v) is 9.89. The van der Waals surface area contributed by atoms with E-state index in [9.17, 15) is 9.59 Å². The Morgan fingerprint density at radius 3 is 2.79 bits per heavy atom. The standard InChI is InChI=1S/C24H23N3O3S3/c1-3-12-27-23(29)21-18(19-5-4-13-31-19)14-32-22(21)26-24(27)33-15-20(28)25-11-10-16-6-8-17(30-2)9-7-16/h3-9,13-14H,1,10-12,15H2,2H3,(H,25,28). The molecule has 33 heavy (non-hydrogen) atoms. The lowest BCUT2D eigenvalue weighted by Gasteiger charge is -2.11. The first-order valence-corrected chi connectivity index (χ1v) is 13.0. The first-order chi connectivity index (χ1) is 16.1. The van der Waals surface area contributed by atoms with Crippen molar-refractivity contribution in [2.45, 2.75) is 18.1 Å². The Balaban J connectivity index is 1.44. The second kappa shape index (κ2) is 10.8. The number of fused-ring (bicyclic) bond motifs is 1. The number of hydrogen-bond acceptors (Lipinski definition) is 7. The number of ether oxygens (including phenoxy) is 1. The molecular weight excluding hydrogens is 474 g/mol. The maximum Gasteiger partial charge on any atom is 0.263 e. The average Bonchev–Trinajstić information content (AvgIpc) is 3.50. The number of thiophene rings is 2. The molecule has 170 valence electrons. The molecular formula is C24H23N3O3S3. The van der Waals surface area contributed by atoms with Crippen LogP contribution in [-0.4, -0.2) is 34.9 Å². The van der Waals surface area contributed by atoms with E-state index in [1.54, 1.807) is 29.1 Å². The number of amides is 1. The molecule has 0 aliphatic heterocycles. The van der Waals surface area contributed by atoms with Crippen LogP contribution in [0.1, 0.15) is 5.56 Å². The summed E-state index contributed by atoms with van der Waals surface area (Å²) < 4.78 is 6.75. The number of carbonyl (C=O) groups excluding carboxylic acids is 1. The fourth-order valence-electron chi connectivity index (χ4n) is 3.34. The minimum absolute atomic E-state index is 0.0986. The van der Waals surface area contributed by atoms with E-state index in [2.05, 4.69) is 11.9 Å². The highest BCUT2D eigenvalue weighted by Crippen LogP contribution is 2.34. The van der Waals surface area contributed by atoms with Crippen LogP contribution in [0.4, 0.5) is 0 Å². The third-order valence-corrected chi connectivity index (χ3v) is 7.74. The Bertz CT molecular complexity index is 1310. The molecule has 4 rings (SSSR count). The van der Waals surface area contributed by atoms with E-state index in [1.807, 2.05) is 47.2 Å². The fraction of sp³-hybridized carbons (Fsp3) is 0.208. The third-order valence-electron chi connectivity index (χ3n) is 4.98. The highest BCUT2D eigenvalue weighted by molar-refractivity contribution is 7.99. The lowest BCUT2D eigenvalue weighted by atomic mass is 10.1. The third kappa shape index (κ3) is 5.38. The fourth-order valence-corrected chi connectivity index (χ4v) is 5.98. The van der Waals surface area contributed by atoms with Gasteiger partial charge in [-0.1, -0.05) is 36.0 Å². The Kier molecular flexibility index (Phi) is 7.64. The first kappa shape index (κ1) is 23.3. The molecule has 0 radical (unpaired) electrons. The van der Waals surface area contributed by atoms with E-state index < -0.39 is 0 Å². The summed E-state index contributed by atoms with van der Waals surface area (Å²) in [5.41, 5.74) is 1.93. The summed E-state index contributed by atoms with van der Waals surface area (Å²) in [7, 11) is 1.63. The van der Waals surface area contributed by atoms with Crippen molar-refractivity contribution in [1.29, 1.82) is 0 Å². The predicted octanol–water partition coefficient (Wildman–Crippen LogP) is 4.83. The number of nitrogens with one attached hydrogen (secondary N) is 1. The molecule has 0 aliphatic carbocycles. The number of benzene rings is 1. The van der Waals surface area contributed by atoms with Gasteiger partial charge in [-0.05, 0) is 35.6 Å². The SMILES string of the molecule is C=CCn1c(SCC(=O)NCCc2ccc(OC)cc2)nc2scc(-c3cccs3)c2c1=O. The van der Waals surface area contributed by atoms with Crippen molar-refractivity contribution in [2.24, 2.45) is 0 Å².